The molecule has 0 aromatic carbocycles. The van der Waals surface area contributed by atoms with Gasteiger partial charge in [-0.3, -0.25) is 0 Å². The van der Waals surface area contributed by atoms with Gasteiger partial charge in [0.25, 0.3) is 0 Å². The van der Waals surface area contributed by atoms with E-state index in [4.69, 9.17) is 5.11 Å². The molecule has 0 aliphatic carbocycles. The maximum absolute atomic E-state index is 9.51. The predicted molar refractivity (Wildman–Crippen MR) is 24.6 cm³/mol. The van der Waals surface area contributed by atoms with Crippen LogP contribution >= 0.6 is 0 Å². The Labute approximate surface area is 45.5 Å². The lowest BCUT2D eigenvalue weighted by molar-refractivity contribution is 0.137. The molecule has 0 atom stereocenters. The summed E-state index contributed by atoms with van der Waals surface area (Å²) in [6.45, 7) is 0. The van der Waals surface area contributed by atoms with Gasteiger partial charge < -0.3 is 14.7 Å². The molecular formula is C3H5NO4. The molecule has 0 amide bonds. The second-order valence-corrected chi connectivity index (χ2v) is 0.777. The Kier molecular flexibility index (Phi) is 3.30. The number of nitrogens with zero attached hydrogens (tertiary/aromatic N) is 1. The Balaban J connectivity index is 3.16. The van der Waals surface area contributed by atoms with Crippen LogP contribution in [0.5, 0.6) is 0 Å². The van der Waals surface area contributed by atoms with Crippen LogP contribution in [-0.2, 0) is 9.57 Å². The lowest BCUT2D eigenvalue weighted by atomic mass is 11.3. The normalized spacial score (nSPS) is 9.12. The van der Waals surface area contributed by atoms with E-state index in [0.717, 1.165) is 0 Å². The van der Waals surface area contributed by atoms with Crippen molar-refractivity contribution in [2.75, 3.05) is 7.11 Å². The van der Waals surface area contributed by atoms with Gasteiger partial charge >= 0.3 is 6.16 Å². The minimum absolute atomic E-state index is 0.683. The van der Waals surface area contributed by atoms with Gasteiger partial charge in [0.05, 0.1) is 0 Å². The molecule has 0 spiro atoms. The first-order chi connectivity index (χ1) is 3.77. The zero-order valence-corrected chi connectivity index (χ0v) is 4.20. The van der Waals surface area contributed by atoms with Crippen LogP contribution in [0.3, 0.4) is 0 Å². The molecule has 1 N–H and O–H groups in total. The standard InChI is InChI=1S/C3H5NO4/c1-7-4-2-8-3(5)6/h2H,1H3,(H,5,6). The Morgan fingerprint density at radius 3 is 2.88 bits per heavy atom. The van der Waals surface area contributed by atoms with Crippen molar-refractivity contribution >= 4 is 12.6 Å². The summed E-state index contributed by atoms with van der Waals surface area (Å²) in [5.74, 6) is 0. The average Bonchev–Trinajstić information content (AvgIpc) is 1.66. The van der Waals surface area contributed by atoms with Crippen molar-refractivity contribution in [1.82, 2.24) is 0 Å². The molecule has 0 aliphatic heterocycles. The number of hydrogen-bond acceptors (Lipinski definition) is 4. The lowest BCUT2D eigenvalue weighted by Gasteiger charge is -1.85. The topological polar surface area (TPSA) is 68.1 Å². The molecule has 5 heteroatoms. The van der Waals surface area contributed by atoms with Crippen LogP contribution in [-0.4, -0.2) is 24.8 Å². The Bertz CT molecular complexity index is 99.5. The summed E-state index contributed by atoms with van der Waals surface area (Å²) in [6, 6.07) is 0. The third-order valence-electron chi connectivity index (χ3n) is 0.302. The maximum Gasteiger partial charge on any atom is 0.512 e. The van der Waals surface area contributed by atoms with Crippen LogP contribution < -0.4 is 0 Å². The summed E-state index contributed by atoms with van der Waals surface area (Å²) in [6.07, 6.45) is -0.728. The summed E-state index contributed by atoms with van der Waals surface area (Å²) in [5, 5.41) is 10.8. The molecule has 0 bridgehead atoms. The summed E-state index contributed by atoms with van der Waals surface area (Å²) >= 11 is 0. The molecule has 0 fully saturated rings. The van der Waals surface area contributed by atoms with Gasteiger partial charge in [0, 0.05) is 0 Å². The van der Waals surface area contributed by atoms with Crippen molar-refractivity contribution < 1.29 is 19.5 Å². The molecule has 0 radical (unpaired) electrons. The quantitative estimate of drug-likeness (QED) is 0.245. The molecule has 0 aromatic rings. The highest BCUT2D eigenvalue weighted by atomic mass is 16.7. The van der Waals surface area contributed by atoms with Gasteiger partial charge in [-0.1, -0.05) is 5.16 Å². The van der Waals surface area contributed by atoms with Crippen molar-refractivity contribution in [3.8, 4) is 0 Å². The monoisotopic (exact) mass is 119 g/mol. The molecule has 5 nitrogen and oxygen atoms in total. The van der Waals surface area contributed by atoms with Crippen molar-refractivity contribution in [3.05, 3.63) is 0 Å². The fourth-order valence-corrected chi connectivity index (χ4v) is 0.110. The Morgan fingerprint density at radius 1 is 1.88 bits per heavy atom. The van der Waals surface area contributed by atoms with Crippen LogP contribution in [0.1, 0.15) is 0 Å². The van der Waals surface area contributed by atoms with Crippen LogP contribution in [0.2, 0.25) is 0 Å². The number of hydrogen-bond donors (Lipinski definition) is 1. The first-order valence-corrected chi connectivity index (χ1v) is 1.72. The van der Waals surface area contributed by atoms with E-state index in [-0.39, 0.29) is 0 Å². The van der Waals surface area contributed by atoms with E-state index in [1.165, 1.54) is 7.11 Å². The Morgan fingerprint density at radius 2 is 2.50 bits per heavy atom. The molecule has 46 valence electrons. The number of ether oxygens (including phenoxy) is 1. The lowest BCUT2D eigenvalue weighted by Crippen LogP contribution is -1.96. The van der Waals surface area contributed by atoms with Crippen molar-refractivity contribution in [3.63, 3.8) is 0 Å². The zero-order chi connectivity index (χ0) is 6.41. The molecule has 0 aromatic heterocycles. The number of oxime groups is 1. The zero-order valence-electron chi connectivity index (χ0n) is 4.20. The highest BCUT2D eigenvalue weighted by Gasteiger charge is 1.87. The van der Waals surface area contributed by atoms with E-state index < -0.39 is 6.16 Å². The second-order valence-electron chi connectivity index (χ2n) is 0.777. The number of rotatable bonds is 2. The van der Waals surface area contributed by atoms with Gasteiger partial charge in [0.2, 0.25) is 6.40 Å². The van der Waals surface area contributed by atoms with E-state index in [2.05, 4.69) is 14.7 Å². The fraction of sp³-hybridized carbons (Fsp3) is 0.333. The maximum atomic E-state index is 9.51. The van der Waals surface area contributed by atoms with Crippen LogP contribution in [0, 0.1) is 0 Å². The van der Waals surface area contributed by atoms with Gasteiger partial charge in [0.1, 0.15) is 7.11 Å². The van der Waals surface area contributed by atoms with Gasteiger partial charge in [-0.05, 0) is 0 Å². The van der Waals surface area contributed by atoms with Gasteiger partial charge in [-0.2, -0.15) is 0 Å². The third kappa shape index (κ3) is 4.74. The van der Waals surface area contributed by atoms with Crippen LogP contribution in [0.4, 0.5) is 4.79 Å². The highest BCUT2D eigenvalue weighted by Crippen LogP contribution is 1.69. The van der Waals surface area contributed by atoms with Gasteiger partial charge in [0.15, 0.2) is 0 Å². The van der Waals surface area contributed by atoms with Crippen LogP contribution in [0.15, 0.2) is 5.16 Å². The van der Waals surface area contributed by atoms with E-state index in [1.807, 2.05) is 0 Å². The molecule has 0 saturated heterocycles. The van der Waals surface area contributed by atoms with Gasteiger partial charge in [-0.15, -0.1) is 0 Å². The van der Waals surface area contributed by atoms with Crippen molar-refractivity contribution in [2.45, 2.75) is 0 Å². The molecule has 0 rings (SSSR count). The second kappa shape index (κ2) is 3.91. The smallest absolute Gasteiger partial charge is 0.449 e. The molecule has 0 aliphatic rings. The minimum Gasteiger partial charge on any atom is -0.449 e. The first kappa shape index (κ1) is 6.74. The van der Waals surface area contributed by atoms with Crippen LogP contribution in [0.25, 0.3) is 0 Å². The molecular weight excluding hydrogens is 114 g/mol. The molecule has 0 heterocycles. The van der Waals surface area contributed by atoms with Crippen molar-refractivity contribution in [1.29, 1.82) is 0 Å². The molecule has 0 saturated carbocycles. The summed E-state index contributed by atoms with van der Waals surface area (Å²) in [4.78, 5) is 13.6. The minimum atomic E-state index is -1.41. The SMILES string of the molecule is CON=COC(=O)O. The highest BCUT2D eigenvalue weighted by molar-refractivity contribution is 5.69. The van der Waals surface area contributed by atoms with E-state index in [0.29, 0.717) is 6.40 Å². The van der Waals surface area contributed by atoms with E-state index in [9.17, 15) is 4.79 Å². The average molecular weight is 119 g/mol. The van der Waals surface area contributed by atoms with Crippen molar-refractivity contribution in [2.24, 2.45) is 5.16 Å². The summed E-state index contributed by atoms with van der Waals surface area (Å²) < 4.78 is 3.78. The molecule has 0 unspecified atom stereocenters. The van der Waals surface area contributed by atoms with E-state index in [1.54, 1.807) is 0 Å². The Hall–Kier alpha value is -1.26. The first-order valence-electron chi connectivity index (χ1n) is 1.72. The number of carboxylic acid groups (broad SMARTS) is 1. The fourth-order valence-electron chi connectivity index (χ4n) is 0.110. The molecule has 8 heavy (non-hydrogen) atoms. The van der Waals surface area contributed by atoms with Gasteiger partial charge in [-0.25, -0.2) is 4.79 Å². The predicted octanol–water partition coefficient (Wildman–Crippen LogP) is 0.271. The summed E-state index contributed by atoms with van der Waals surface area (Å²) in [7, 11) is 1.28. The third-order valence-corrected chi connectivity index (χ3v) is 0.302. The van der Waals surface area contributed by atoms with E-state index >= 15 is 0 Å². The number of carbonyl (C=O) groups is 1. The largest absolute Gasteiger partial charge is 0.512 e. The summed E-state index contributed by atoms with van der Waals surface area (Å²) in [5.41, 5.74) is 0.